The Morgan fingerprint density at radius 3 is 2.87 bits per heavy atom. The first kappa shape index (κ1) is 19.1. The molecule has 31 heavy (non-hydrogen) atoms. The van der Waals surface area contributed by atoms with Gasteiger partial charge in [-0.05, 0) is 36.4 Å². The number of anilines is 1. The molecule has 0 spiro atoms. The van der Waals surface area contributed by atoms with Gasteiger partial charge in [0.15, 0.2) is 5.58 Å². The van der Waals surface area contributed by atoms with E-state index in [0.717, 1.165) is 5.56 Å². The molecule has 9 nitrogen and oxygen atoms in total. The van der Waals surface area contributed by atoms with E-state index in [1.807, 2.05) is 18.5 Å². The number of imidazole rings is 1. The molecule has 3 aromatic heterocycles. The fraction of sp³-hybridized carbons (Fsp3) is 0.0952. The molecule has 0 aliphatic carbocycles. The first-order chi connectivity index (χ1) is 15.0. The van der Waals surface area contributed by atoms with Gasteiger partial charge in [-0.3, -0.25) is 9.12 Å². The third-order valence-corrected chi connectivity index (χ3v) is 5.96. The fourth-order valence-corrected chi connectivity index (χ4v) is 4.48. The summed E-state index contributed by atoms with van der Waals surface area (Å²) in [4.78, 5) is 8.69. The molecule has 0 atom stereocenters. The molecule has 5 rings (SSSR count). The fourth-order valence-electron chi connectivity index (χ4n) is 3.34. The average molecular weight is 435 g/mol. The number of hydrogen-bond donors (Lipinski definition) is 1. The number of sulfonamides is 1. The number of hydrogen-bond acceptors (Lipinski definition) is 7. The minimum atomic E-state index is -3.80. The summed E-state index contributed by atoms with van der Waals surface area (Å²) in [6, 6.07) is 14.1. The first-order valence-electron chi connectivity index (χ1n) is 9.34. The lowest BCUT2D eigenvalue weighted by Gasteiger charge is -2.12. The van der Waals surface area contributed by atoms with Gasteiger partial charge in [0.05, 0.1) is 18.5 Å². The quantitative estimate of drug-likeness (QED) is 0.434. The minimum absolute atomic E-state index is 0.304. The normalized spacial score (nSPS) is 11.8. The summed E-state index contributed by atoms with van der Waals surface area (Å²) in [5, 5.41) is 4.57. The van der Waals surface area contributed by atoms with Crippen molar-refractivity contribution >= 4 is 32.5 Å². The highest BCUT2D eigenvalue weighted by Gasteiger charge is 2.20. The lowest BCUT2D eigenvalue weighted by atomic mass is 10.1. The number of aromatic nitrogens is 4. The zero-order valence-corrected chi connectivity index (χ0v) is 17.2. The van der Waals surface area contributed by atoms with E-state index in [9.17, 15) is 8.42 Å². The maximum absolute atomic E-state index is 12.9. The van der Waals surface area contributed by atoms with Gasteiger partial charge >= 0.3 is 0 Å². The van der Waals surface area contributed by atoms with Crippen LogP contribution in [0.15, 0.2) is 71.6 Å². The van der Waals surface area contributed by atoms with Crippen LogP contribution >= 0.6 is 0 Å². The van der Waals surface area contributed by atoms with Gasteiger partial charge in [0, 0.05) is 29.5 Å². The Hall–Kier alpha value is -3.92. The predicted octanol–water partition coefficient (Wildman–Crippen LogP) is 3.49. The molecular weight excluding hydrogens is 418 g/mol. The van der Waals surface area contributed by atoms with Crippen LogP contribution in [0.2, 0.25) is 0 Å². The molecule has 0 saturated heterocycles. The predicted molar refractivity (Wildman–Crippen MR) is 115 cm³/mol. The van der Waals surface area contributed by atoms with Gasteiger partial charge in [-0.25, -0.2) is 18.4 Å². The van der Waals surface area contributed by atoms with Crippen LogP contribution in [0.3, 0.4) is 0 Å². The Labute approximate surface area is 177 Å². The molecule has 5 aromatic rings. The Kier molecular flexibility index (Phi) is 4.55. The van der Waals surface area contributed by atoms with E-state index in [4.69, 9.17) is 9.26 Å². The SMILES string of the molecule is COc1ccc(-c2cn3cccnc3n2)cc1NS(=O)(=O)Cc1noc2ccccc12. The molecule has 3 heterocycles. The van der Waals surface area contributed by atoms with Crippen LogP contribution in [0.25, 0.3) is 28.0 Å². The number of benzene rings is 2. The van der Waals surface area contributed by atoms with Crippen molar-refractivity contribution in [3.63, 3.8) is 0 Å². The molecule has 10 heteroatoms. The topological polar surface area (TPSA) is 112 Å². The molecule has 0 amide bonds. The molecule has 0 bridgehead atoms. The lowest BCUT2D eigenvalue weighted by Crippen LogP contribution is -2.16. The number of rotatable bonds is 6. The molecule has 0 aliphatic heterocycles. The van der Waals surface area contributed by atoms with Crippen LogP contribution in [-0.2, 0) is 15.8 Å². The van der Waals surface area contributed by atoms with Gasteiger partial charge < -0.3 is 9.26 Å². The second-order valence-corrected chi connectivity index (χ2v) is 8.58. The minimum Gasteiger partial charge on any atom is -0.495 e. The van der Waals surface area contributed by atoms with Crippen LogP contribution in [0.4, 0.5) is 5.69 Å². The maximum Gasteiger partial charge on any atom is 0.238 e. The highest BCUT2D eigenvalue weighted by molar-refractivity contribution is 7.91. The van der Waals surface area contributed by atoms with Crippen molar-refractivity contribution in [2.24, 2.45) is 0 Å². The van der Waals surface area contributed by atoms with Crippen LogP contribution in [0, 0.1) is 0 Å². The monoisotopic (exact) mass is 435 g/mol. The number of para-hydroxylation sites is 1. The Morgan fingerprint density at radius 2 is 2.03 bits per heavy atom. The Morgan fingerprint density at radius 1 is 1.16 bits per heavy atom. The van der Waals surface area contributed by atoms with Crippen LogP contribution < -0.4 is 9.46 Å². The average Bonchev–Trinajstić information content (AvgIpc) is 3.37. The Balaban J connectivity index is 1.48. The molecule has 2 aromatic carbocycles. The van der Waals surface area contributed by atoms with Crippen molar-refractivity contribution < 1.29 is 17.7 Å². The zero-order valence-electron chi connectivity index (χ0n) is 16.4. The van der Waals surface area contributed by atoms with Crippen molar-refractivity contribution in [2.45, 2.75) is 5.75 Å². The van der Waals surface area contributed by atoms with Crippen molar-refractivity contribution in [1.82, 2.24) is 19.5 Å². The van der Waals surface area contributed by atoms with Crippen LogP contribution in [0.5, 0.6) is 5.75 Å². The molecule has 0 radical (unpaired) electrons. The molecular formula is C21H17N5O4S. The summed E-state index contributed by atoms with van der Waals surface area (Å²) in [7, 11) is -2.32. The zero-order chi connectivity index (χ0) is 21.4. The number of nitrogens with zero attached hydrogens (tertiary/aromatic N) is 4. The van der Waals surface area contributed by atoms with Crippen molar-refractivity contribution in [3.05, 3.63) is 72.8 Å². The van der Waals surface area contributed by atoms with E-state index in [-0.39, 0.29) is 5.75 Å². The molecule has 1 N–H and O–H groups in total. The maximum atomic E-state index is 12.9. The molecule has 0 aliphatic rings. The van der Waals surface area contributed by atoms with Gasteiger partial charge in [0.2, 0.25) is 15.8 Å². The molecule has 156 valence electrons. The van der Waals surface area contributed by atoms with Gasteiger partial charge in [-0.1, -0.05) is 17.3 Å². The third-order valence-electron chi connectivity index (χ3n) is 4.78. The number of ether oxygens (including phenoxy) is 1. The largest absolute Gasteiger partial charge is 0.495 e. The van der Waals surface area contributed by atoms with E-state index in [2.05, 4.69) is 19.8 Å². The van der Waals surface area contributed by atoms with E-state index in [0.29, 0.717) is 39.6 Å². The van der Waals surface area contributed by atoms with E-state index in [1.54, 1.807) is 53.1 Å². The summed E-state index contributed by atoms with van der Waals surface area (Å²) in [5.41, 5.74) is 2.55. The van der Waals surface area contributed by atoms with Crippen LogP contribution in [-0.4, -0.2) is 35.1 Å². The summed E-state index contributed by atoms with van der Waals surface area (Å²) in [6.45, 7) is 0. The van der Waals surface area contributed by atoms with Gasteiger partial charge in [-0.15, -0.1) is 0 Å². The smallest absolute Gasteiger partial charge is 0.238 e. The third kappa shape index (κ3) is 3.68. The van der Waals surface area contributed by atoms with Crippen molar-refractivity contribution in [1.29, 1.82) is 0 Å². The lowest BCUT2D eigenvalue weighted by molar-refractivity contribution is 0.417. The number of methoxy groups -OCH3 is 1. The number of fused-ring (bicyclic) bond motifs is 2. The summed E-state index contributed by atoms with van der Waals surface area (Å²) in [6.07, 6.45) is 5.32. The van der Waals surface area contributed by atoms with Gasteiger partial charge in [-0.2, -0.15) is 0 Å². The van der Waals surface area contributed by atoms with E-state index < -0.39 is 10.0 Å². The van der Waals surface area contributed by atoms with Crippen molar-refractivity contribution in [2.75, 3.05) is 11.8 Å². The Bertz CT molecular complexity index is 1470. The number of nitrogens with one attached hydrogen (secondary N) is 1. The van der Waals surface area contributed by atoms with E-state index in [1.165, 1.54) is 7.11 Å². The highest BCUT2D eigenvalue weighted by atomic mass is 32.2. The van der Waals surface area contributed by atoms with Gasteiger partial charge in [0.25, 0.3) is 0 Å². The molecule has 0 unspecified atom stereocenters. The highest BCUT2D eigenvalue weighted by Crippen LogP contribution is 2.31. The second kappa shape index (κ2) is 7.40. The molecule has 0 saturated carbocycles. The summed E-state index contributed by atoms with van der Waals surface area (Å²) < 4.78 is 40.7. The first-order valence-corrected chi connectivity index (χ1v) is 11.0. The van der Waals surface area contributed by atoms with Gasteiger partial charge in [0.1, 0.15) is 17.2 Å². The van der Waals surface area contributed by atoms with Crippen molar-refractivity contribution in [3.8, 4) is 17.0 Å². The standard InChI is InChI=1S/C21H17N5O4S/c1-29-20-8-7-14(17-12-26-10-4-9-22-21(26)23-17)11-16(20)25-31(27,28)13-18-15-5-2-3-6-19(15)30-24-18/h2-12,25H,13H2,1H3. The van der Waals surface area contributed by atoms with E-state index >= 15 is 0 Å². The second-order valence-electron chi connectivity index (χ2n) is 6.85. The summed E-state index contributed by atoms with van der Waals surface area (Å²) >= 11 is 0. The molecule has 0 fully saturated rings. The summed E-state index contributed by atoms with van der Waals surface area (Å²) in [5.74, 6) is 0.600. The van der Waals surface area contributed by atoms with Crippen LogP contribution in [0.1, 0.15) is 5.69 Å².